The maximum Gasteiger partial charge on any atom is 0.269 e. The Labute approximate surface area is 203 Å². The molecule has 0 aliphatic carbocycles. The van der Waals surface area contributed by atoms with Crippen LogP contribution in [0.4, 0.5) is 5.69 Å². The average Bonchev–Trinajstić information content (AvgIpc) is 3.48. The molecule has 4 heterocycles. The second-order valence-corrected chi connectivity index (χ2v) is 8.74. The summed E-state index contributed by atoms with van der Waals surface area (Å²) in [5, 5.41) is 15.3. The van der Waals surface area contributed by atoms with E-state index in [0.29, 0.717) is 5.11 Å². The second-order valence-electron chi connectivity index (χ2n) is 8.35. The first-order chi connectivity index (χ1) is 16.6. The van der Waals surface area contributed by atoms with Crippen LogP contribution < -0.4 is 5.32 Å². The fourth-order valence-corrected chi connectivity index (χ4v) is 4.98. The summed E-state index contributed by atoms with van der Waals surface area (Å²) in [6.07, 6.45) is 3.77. The highest BCUT2D eigenvalue weighted by Crippen LogP contribution is 2.39. The monoisotopic (exact) mass is 478 g/mol. The van der Waals surface area contributed by atoms with Crippen LogP contribution in [0.25, 0.3) is 5.69 Å². The van der Waals surface area contributed by atoms with Gasteiger partial charge in [-0.3, -0.25) is 20.0 Å². The number of morpholine rings is 1. The van der Waals surface area contributed by atoms with Crippen molar-refractivity contribution in [1.82, 2.24) is 24.7 Å². The Morgan fingerprint density at radius 2 is 1.88 bits per heavy atom. The van der Waals surface area contributed by atoms with E-state index in [1.165, 1.54) is 12.1 Å². The lowest BCUT2D eigenvalue weighted by Crippen LogP contribution is -2.42. The Kier molecular flexibility index (Phi) is 6.52. The van der Waals surface area contributed by atoms with E-state index in [2.05, 4.69) is 30.7 Å². The van der Waals surface area contributed by atoms with Crippen LogP contribution in [-0.4, -0.2) is 68.8 Å². The lowest BCUT2D eigenvalue weighted by atomic mass is 10.0. The maximum absolute atomic E-state index is 11.1. The van der Waals surface area contributed by atoms with E-state index in [4.69, 9.17) is 17.0 Å². The summed E-state index contributed by atoms with van der Waals surface area (Å²) in [6.45, 7) is 5.00. The first-order valence-electron chi connectivity index (χ1n) is 11.3. The van der Waals surface area contributed by atoms with E-state index < -0.39 is 0 Å². The molecule has 1 aromatic carbocycles. The van der Waals surface area contributed by atoms with Gasteiger partial charge in [0.2, 0.25) is 0 Å². The Morgan fingerprint density at radius 3 is 2.59 bits per heavy atom. The summed E-state index contributed by atoms with van der Waals surface area (Å²) in [4.78, 5) is 20.0. The first kappa shape index (κ1) is 22.5. The predicted octanol–water partition coefficient (Wildman–Crippen LogP) is 3.09. The fraction of sp³-hybridized carbons (Fsp3) is 0.333. The Morgan fingerprint density at radius 1 is 1.09 bits per heavy atom. The van der Waals surface area contributed by atoms with Gasteiger partial charge in [-0.05, 0) is 48.6 Å². The Hall–Kier alpha value is -3.34. The summed E-state index contributed by atoms with van der Waals surface area (Å²) in [5.41, 5.74) is 2.88. The van der Waals surface area contributed by atoms with Gasteiger partial charge in [0.25, 0.3) is 5.69 Å². The average molecular weight is 479 g/mol. The minimum absolute atomic E-state index is 0.0691. The quantitative estimate of drug-likeness (QED) is 0.315. The van der Waals surface area contributed by atoms with Crippen molar-refractivity contribution < 1.29 is 9.66 Å². The van der Waals surface area contributed by atoms with E-state index in [0.717, 1.165) is 56.5 Å². The number of aromatic nitrogens is 2. The number of hydrogen-bond acceptors (Lipinski definition) is 6. The van der Waals surface area contributed by atoms with Gasteiger partial charge in [-0.1, -0.05) is 6.07 Å². The zero-order valence-electron chi connectivity index (χ0n) is 18.6. The van der Waals surface area contributed by atoms with Gasteiger partial charge in [0.1, 0.15) is 0 Å². The van der Waals surface area contributed by atoms with Crippen LogP contribution in [0.1, 0.15) is 23.5 Å². The van der Waals surface area contributed by atoms with Crippen molar-refractivity contribution in [3.63, 3.8) is 0 Å². The molecule has 176 valence electrons. The molecule has 2 atom stereocenters. The second kappa shape index (κ2) is 9.88. The third kappa shape index (κ3) is 4.52. The summed E-state index contributed by atoms with van der Waals surface area (Å²) >= 11 is 5.80. The molecular weight excluding hydrogens is 452 g/mol. The molecule has 1 N–H and O–H groups in total. The molecule has 0 amide bonds. The number of nitro groups is 1. The lowest BCUT2D eigenvalue weighted by Gasteiger charge is -2.32. The summed E-state index contributed by atoms with van der Waals surface area (Å²) in [7, 11) is 0. The molecule has 5 rings (SSSR count). The Balaban J connectivity index is 1.49. The molecule has 2 saturated heterocycles. The van der Waals surface area contributed by atoms with Gasteiger partial charge in [-0.25, -0.2) is 0 Å². The van der Waals surface area contributed by atoms with Gasteiger partial charge < -0.3 is 19.5 Å². The number of rotatable bonds is 7. The van der Waals surface area contributed by atoms with Gasteiger partial charge >= 0.3 is 0 Å². The van der Waals surface area contributed by atoms with E-state index >= 15 is 0 Å². The standard InChI is InChI=1S/C24H26N6O3S/c31-30(32)19-8-6-18(7-9-19)28-11-3-5-21(28)23-22(20-4-1-2-10-25-20)26-24(34)29(23)13-12-27-14-16-33-17-15-27/h1-11,22-23H,12-17H2,(H,26,34)/t22-,23+/m0/s1. The number of pyridine rings is 1. The molecule has 2 aromatic heterocycles. The van der Waals surface area contributed by atoms with Crippen molar-refractivity contribution in [1.29, 1.82) is 0 Å². The van der Waals surface area contributed by atoms with Crippen LogP contribution in [0.2, 0.25) is 0 Å². The number of hydrogen-bond donors (Lipinski definition) is 1. The number of ether oxygens (including phenoxy) is 1. The van der Waals surface area contributed by atoms with Crippen LogP contribution in [0.5, 0.6) is 0 Å². The summed E-state index contributed by atoms with van der Waals surface area (Å²) < 4.78 is 7.56. The van der Waals surface area contributed by atoms with Crippen molar-refractivity contribution >= 4 is 23.0 Å². The fourth-order valence-electron chi connectivity index (χ4n) is 4.65. The molecule has 9 nitrogen and oxygen atoms in total. The normalized spacial score (nSPS) is 20.9. The summed E-state index contributed by atoms with van der Waals surface area (Å²) in [5.74, 6) is 0. The number of nitrogens with zero attached hydrogens (tertiary/aromatic N) is 5. The number of benzene rings is 1. The molecule has 10 heteroatoms. The molecule has 0 bridgehead atoms. The van der Waals surface area contributed by atoms with E-state index in [9.17, 15) is 10.1 Å². The van der Waals surface area contributed by atoms with Gasteiger partial charge in [-0.2, -0.15) is 0 Å². The topological polar surface area (TPSA) is 88.7 Å². The highest BCUT2D eigenvalue weighted by molar-refractivity contribution is 7.80. The third-order valence-electron chi connectivity index (χ3n) is 6.38. The highest BCUT2D eigenvalue weighted by Gasteiger charge is 2.41. The van der Waals surface area contributed by atoms with Gasteiger partial charge in [0.05, 0.1) is 35.9 Å². The lowest BCUT2D eigenvalue weighted by molar-refractivity contribution is -0.384. The first-order valence-corrected chi connectivity index (χ1v) is 11.7. The van der Waals surface area contributed by atoms with Crippen LogP contribution in [0.3, 0.4) is 0 Å². The van der Waals surface area contributed by atoms with Gasteiger partial charge in [-0.15, -0.1) is 0 Å². The van der Waals surface area contributed by atoms with Crippen LogP contribution in [0, 0.1) is 10.1 Å². The van der Waals surface area contributed by atoms with Crippen molar-refractivity contribution in [3.8, 4) is 5.69 Å². The van der Waals surface area contributed by atoms with Crippen LogP contribution in [-0.2, 0) is 4.74 Å². The number of thiocarbonyl (C=S) groups is 1. The van der Waals surface area contributed by atoms with E-state index in [1.807, 2.05) is 30.5 Å². The maximum atomic E-state index is 11.1. The van der Waals surface area contributed by atoms with Crippen molar-refractivity contribution in [3.05, 3.63) is 88.5 Å². The third-order valence-corrected chi connectivity index (χ3v) is 6.73. The summed E-state index contributed by atoms with van der Waals surface area (Å²) in [6, 6.07) is 16.4. The molecule has 3 aromatic rings. The van der Waals surface area contributed by atoms with Crippen molar-refractivity contribution in [2.75, 3.05) is 39.4 Å². The molecule has 2 aliphatic rings. The molecule has 0 unspecified atom stereocenters. The number of non-ortho nitro benzene ring substituents is 1. The number of nitrogens with one attached hydrogen (secondary N) is 1. The van der Waals surface area contributed by atoms with Crippen LogP contribution in [0.15, 0.2) is 67.0 Å². The number of nitro benzene ring substituents is 1. The zero-order chi connectivity index (χ0) is 23.5. The predicted molar refractivity (Wildman–Crippen MR) is 132 cm³/mol. The molecule has 2 fully saturated rings. The molecule has 0 radical (unpaired) electrons. The highest BCUT2D eigenvalue weighted by atomic mass is 32.1. The van der Waals surface area contributed by atoms with Crippen LogP contribution >= 0.6 is 12.2 Å². The van der Waals surface area contributed by atoms with Crippen molar-refractivity contribution in [2.45, 2.75) is 12.1 Å². The SMILES string of the molecule is O=[N+]([O-])c1ccc(-n2cccc2[C@@H]2[C@H](c3ccccn3)NC(=S)N2CCN2CCOCC2)cc1. The molecule has 2 aliphatic heterocycles. The van der Waals surface area contributed by atoms with E-state index in [1.54, 1.807) is 18.3 Å². The zero-order valence-corrected chi connectivity index (χ0v) is 19.4. The molecule has 0 spiro atoms. The smallest absolute Gasteiger partial charge is 0.269 e. The minimum Gasteiger partial charge on any atom is -0.379 e. The molecular formula is C24H26N6O3S. The molecule has 0 saturated carbocycles. The van der Waals surface area contributed by atoms with Gasteiger partial charge in [0.15, 0.2) is 5.11 Å². The van der Waals surface area contributed by atoms with E-state index in [-0.39, 0.29) is 22.7 Å². The van der Waals surface area contributed by atoms with Crippen molar-refractivity contribution in [2.24, 2.45) is 0 Å². The molecule has 34 heavy (non-hydrogen) atoms. The van der Waals surface area contributed by atoms with Gasteiger partial charge in [0, 0.05) is 62.1 Å². The Bertz CT molecular complexity index is 1150. The minimum atomic E-state index is -0.385. The largest absolute Gasteiger partial charge is 0.379 e.